The average Bonchev–Trinajstić information content (AvgIpc) is 2.52. The van der Waals surface area contributed by atoms with E-state index in [1.165, 1.54) is 24.3 Å². The maximum absolute atomic E-state index is 12.1. The van der Waals surface area contributed by atoms with E-state index < -0.39 is 37.2 Å². The van der Waals surface area contributed by atoms with E-state index in [1.807, 2.05) is 13.8 Å². The van der Waals surface area contributed by atoms with Gasteiger partial charge in [0.15, 0.2) is 6.61 Å². The van der Waals surface area contributed by atoms with E-state index in [-0.39, 0.29) is 11.7 Å². The molecule has 0 unspecified atom stereocenters. The summed E-state index contributed by atoms with van der Waals surface area (Å²) in [6.45, 7) is 0.166. The van der Waals surface area contributed by atoms with Gasteiger partial charge in [-0.05, 0) is 36.6 Å². The number of primary amides is 1. The molecule has 0 saturated heterocycles. The minimum absolute atomic E-state index is 0.0570. The summed E-state index contributed by atoms with van der Waals surface area (Å²) in [6, 6.07) is 3.39. The van der Waals surface area contributed by atoms with Gasteiger partial charge in [0.25, 0.3) is 5.91 Å². The number of carbonyl (C=O) groups excluding carboxylic acids is 3. The Bertz CT molecular complexity index is 623. The number of esters is 1. The number of ether oxygens (including phenoxy) is 2. The smallest absolute Gasteiger partial charge is 0.387 e. The molecule has 0 bridgehead atoms. The Balaban J connectivity index is 2.51. The van der Waals surface area contributed by atoms with E-state index in [0.29, 0.717) is 12.1 Å². The quantitative estimate of drug-likeness (QED) is 0.571. The van der Waals surface area contributed by atoms with E-state index >= 15 is 0 Å². The van der Waals surface area contributed by atoms with Crippen molar-refractivity contribution in [3.63, 3.8) is 0 Å². The molecule has 10 heteroatoms. The number of rotatable bonds is 9. The molecule has 1 aromatic carbocycles. The van der Waals surface area contributed by atoms with Gasteiger partial charge in [0.2, 0.25) is 0 Å². The van der Waals surface area contributed by atoms with Crippen LogP contribution in [0.1, 0.15) is 20.3 Å². The van der Waals surface area contributed by atoms with E-state index in [1.54, 1.807) is 0 Å². The van der Waals surface area contributed by atoms with Gasteiger partial charge in [0.1, 0.15) is 11.8 Å². The lowest BCUT2D eigenvalue weighted by Crippen LogP contribution is -2.45. The molecule has 0 fully saturated rings. The van der Waals surface area contributed by atoms with Crippen LogP contribution in [-0.4, -0.2) is 37.2 Å². The topological polar surface area (TPSA) is 120 Å². The molecule has 26 heavy (non-hydrogen) atoms. The summed E-state index contributed by atoms with van der Waals surface area (Å²) >= 11 is 0. The molecule has 0 aliphatic carbocycles. The number of urea groups is 1. The molecule has 3 amide bonds. The monoisotopic (exact) mass is 373 g/mol. The fraction of sp³-hybridized carbons (Fsp3) is 0.438. The van der Waals surface area contributed by atoms with Crippen molar-refractivity contribution in [2.45, 2.75) is 32.9 Å². The first-order chi connectivity index (χ1) is 12.2. The van der Waals surface area contributed by atoms with Crippen molar-refractivity contribution in [3.8, 4) is 5.75 Å². The summed E-state index contributed by atoms with van der Waals surface area (Å²) in [6.07, 6.45) is 0.301. The van der Waals surface area contributed by atoms with Crippen LogP contribution >= 0.6 is 0 Å². The second-order valence-electron chi connectivity index (χ2n) is 5.75. The molecule has 0 aliphatic rings. The van der Waals surface area contributed by atoms with Crippen LogP contribution in [0, 0.1) is 5.92 Å². The molecule has 4 N–H and O–H groups in total. The normalized spacial score (nSPS) is 11.8. The summed E-state index contributed by atoms with van der Waals surface area (Å²) in [5.41, 5.74) is 5.32. The predicted molar refractivity (Wildman–Crippen MR) is 88.6 cm³/mol. The highest BCUT2D eigenvalue weighted by atomic mass is 19.3. The number of nitrogens with one attached hydrogen (secondary N) is 2. The number of hydrogen-bond acceptors (Lipinski definition) is 5. The molecule has 0 aliphatic heterocycles. The number of amides is 3. The zero-order valence-electron chi connectivity index (χ0n) is 14.3. The lowest BCUT2D eigenvalue weighted by Gasteiger charge is -2.18. The van der Waals surface area contributed by atoms with E-state index in [9.17, 15) is 23.2 Å². The maximum Gasteiger partial charge on any atom is 0.387 e. The number of anilines is 1. The van der Waals surface area contributed by atoms with Gasteiger partial charge in [-0.25, -0.2) is 9.59 Å². The zero-order chi connectivity index (χ0) is 19.7. The number of alkyl halides is 2. The first-order valence-electron chi connectivity index (χ1n) is 7.74. The van der Waals surface area contributed by atoms with Crippen molar-refractivity contribution in [1.82, 2.24) is 5.32 Å². The zero-order valence-corrected chi connectivity index (χ0v) is 14.3. The van der Waals surface area contributed by atoms with Crippen molar-refractivity contribution in [2.24, 2.45) is 11.7 Å². The van der Waals surface area contributed by atoms with Gasteiger partial charge in [-0.15, -0.1) is 0 Å². The van der Waals surface area contributed by atoms with Crippen LogP contribution in [0.3, 0.4) is 0 Å². The molecule has 0 aromatic heterocycles. The molecule has 8 nitrogen and oxygen atoms in total. The van der Waals surface area contributed by atoms with E-state index in [2.05, 4.69) is 15.4 Å². The second-order valence-corrected chi connectivity index (χ2v) is 5.75. The van der Waals surface area contributed by atoms with Gasteiger partial charge >= 0.3 is 18.6 Å². The molecule has 0 spiro atoms. The minimum Gasteiger partial charge on any atom is -0.454 e. The Labute approximate surface area is 149 Å². The molecule has 0 heterocycles. The third-order valence-corrected chi connectivity index (χ3v) is 3.02. The Kier molecular flexibility index (Phi) is 8.26. The molecule has 0 radical (unpaired) electrons. The van der Waals surface area contributed by atoms with E-state index in [0.717, 1.165) is 0 Å². The fourth-order valence-corrected chi connectivity index (χ4v) is 2.01. The van der Waals surface area contributed by atoms with Crippen molar-refractivity contribution in [3.05, 3.63) is 24.3 Å². The summed E-state index contributed by atoms with van der Waals surface area (Å²) in [7, 11) is 0. The van der Waals surface area contributed by atoms with Crippen LogP contribution in [0.15, 0.2) is 24.3 Å². The SMILES string of the molecule is CC(C)C[C@H](NC(N)=O)C(=O)OCC(=O)Nc1ccc(OC(F)F)cc1. The van der Waals surface area contributed by atoms with Crippen LogP contribution in [0.5, 0.6) is 5.75 Å². The van der Waals surface area contributed by atoms with Crippen molar-refractivity contribution >= 4 is 23.6 Å². The third kappa shape index (κ3) is 8.27. The van der Waals surface area contributed by atoms with Gasteiger partial charge in [-0.2, -0.15) is 8.78 Å². The first kappa shape index (κ1) is 21.1. The van der Waals surface area contributed by atoms with Crippen LogP contribution in [0.25, 0.3) is 0 Å². The Morgan fingerprint density at radius 1 is 1.15 bits per heavy atom. The summed E-state index contributed by atoms with van der Waals surface area (Å²) in [5.74, 6) is -1.39. The van der Waals surface area contributed by atoms with Crippen LogP contribution < -0.4 is 21.1 Å². The average molecular weight is 373 g/mol. The number of halogens is 2. The standard InChI is InChI=1S/C16H21F2N3O5/c1-9(2)7-12(21-16(19)24)14(23)25-8-13(22)20-10-3-5-11(6-4-10)26-15(17)18/h3-6,9,12,15H,7-8H2,1-2H3,(H,20,22)(H3,19,21,24)/t12-/m0/s1. The number of hydrogen-bond donors (Lipinski definition) is 3. The van der Waals surface area contributed by atoms with E-state index in [4.69, 9.17) is 10.5 Å². The van der Waals surface area contributed by atoms with Crippen molar-refractivity contribution in [2.75, 3.05) is 11.9 Å². The lowest BCUT2D eigenvalue weighted by atomic mass is 10.0. The Morgan fingerprint density at radius 3 is 2.27 bits per heavy atom. The molecule has 1 atom stereocenters. The highest BCUT2D eigenvalue weighted by molar-refractivity contribution is 5.93. The molecule has 0 saturated carbocycles. The van der Waals surface area contributed by atoms with Crippen LogP contribution in [0.4, 0.5) is 19.3 Å². The first-order valence-corrected chi connectivity index (χ1v) is 7.74. The highest BCUT2D eigenvalue weighted by Gasteiger charge is 2.23. The fourth-order valence-electron chi connectivity index (χ4n) is 2.01. The highest BCUT2D eigenvalue weighted by Crippen LogP contribution is 2.17. The number of benzene rings is 1. The van der Waals surface area contributed by atoms with Gasteiger partial charge in [-0.1, -0.05) is 13.8 Å². The second kappa shape index (κ2) is 10.2. The molecule has 144 valence electrons. The maximum atomic E-state index is 12.1. The summed E-state index contributed by atoms with van der Waals surface area (Å²) < 4.78 is 33.2. The van der Waals surface area contributed by atoms with Gasteiger partial charge in [-0.3, -0.25) is 4.79 Å². The molecule has 1 rings (SSSR count). The Morgan fingerprint density at radius 2 is 1.77 bits per heavy atom. The molecular formula is C16H21F2N3O5. The van der Waals surface area contributed by atoms with Gasteiger partial charge < -0.3 is 25.8 Å². The van der Waals surface area contributed by atoms with Gasteiger partial charge in [0.05, 0.1) is 0 Å². The van der Waals surface area contributed by atoms with Crippen LogP contribution in [0.2, 0.25) is 0 Å². The number of nitrogens with two attached hydrogens (primary N) is 1. The van der Waals surface area contributed by atoms with Crippen LogP contribution in [-0.2, 0) is 14.3 Å². The summed E-state index contributed by atoms with van der Waals surface area (Å²) in [5, 5.41) is 4.69. The lowest BCUT2D eigenvalue weighted by molar-refractivity contribution is -0.149. The van der Waals surface area contributed by atoms with Crippen molar-refractivity contribution < 1.29 is 32.6 Å². The summed E-state index contributed by atoms with van der Waals surface area (Å²) in [4.78, 5) is 34.7. The third-order valence-electron chi connectivity index (χ3n) is 3.02. The minimum atomic E-state index is -2.94. The Hall–Kier alpha value is -2.91. The van der Waals surface area contributed by atoms with Gasteiger partial charge in [0, 0.05) is 5.69 Å². The largest absolute Gasteiger partial charge is 0.454 e. The number of carbonyl (C=O) groups is 3. The molecular weight excluding hydrogens is 352 g/mol. The predicted octanol–water partition coefficient (Wildman–Crippen LogP) is 1.85. The molecule has 1 aromatic rings. The van der Waals surface area contributed by atoms with Crippen molar-refractivity contribution in [1.29, 1.82) is 0 Å².